The Labute approximate surface area is 118 Å². The Morgan fingerprint density at radius 1 is 1.40 bits per heavy atom. The third-order valence-corrected chi connectivity index (χ3v) is 4.06. The highest BCUT2D eigenvalue weighted by Gasteiger charge is 2.34. The second-order valence-electron chi connectivity index (χ2n) is 5.62. The third-order valence-electron chi connectivity index (χ3n) is 4.06. The second-order valence-corrected chi connectivity index (χ2v) is 5.62. The molecule has 0 amide bonds. The number of rotatable bonds is 3. The van der Waals surface area contributed by atoms with Crippen LogP contribution in [0.2, 0.25) is 0 Å². The lowest BCUT2D eigenvalue weighted by Crippen LogP contribution is -2.28. The van der Waals surface area contributed by atoms with Gasteiger partial charge in [0.1, 0.15) is 5.82 Å². The first-order chi connectivity index (χ1) is 9.56. The van der Waals surface area contributed by atoms with Crippen molar-refractivity contribution in [2.24, 2.45) is 5.92 Å². The molecule has 0 spiro atoms. The Hall–Kier alpha value is -1.91. The van der Waals surface area contributed by atoms with Crippen LogP contribution in [0.15, 0.2) is 12.4 Å². The van der Waals surface area contributed by atoms with Gasteiger partial charge in [0.15, 0.2) is 0 Å². The molecular weight excluding hydrogens is 254 g/mol. The fourth-order valence-electron chi connectivity index (χ4n) is 3.03. The molecule has 5 nitrogen and oxygen atoms in total. The van der Waals surface area contributed by atoms with Crippen LogP contribution in [0.25, 0.3) is 5.52 Å². The molecule has 1 fully saturated rings. The highest BCUT2D eigenvalue weighted by Crippen LogP contribution is 2.41. The molecule has 0 aromatic carbocycles. The minimum atomic E-state index is -0.197. The molecule has 1 saturated carbocycles. The summed E-state index contributed by atoms with van der Waals surface area (Å²) < 4.78 is 7.22. The summed E-state index contributed by atoms with van der Waals surface area (Å²) in [5.41, 5.74) is 3.17. The molecular formula is C15H19N3O2. The van der Waals surface area contributed by atoms with E-state index in [1.54, 1.807) is 0 Å². The van der Waals surface area contributed by atoms with Gasteiger partial charge < -0.3 is 4.74 Å². The molecule has 1 aliphatic carbocycles. The highest BCUT2D eigenvalue weighted by atomic mass is 16.5. The minimum absolute atomic E-state index is 0.197. The van der Waals surface area contributed by atoms with Crippen molar-refractivity contribution < 1.29 is 9.53 Å². The Morgan fingerprint density at radius 2 is 2.15 bits per heavy atom. The molecule has 106 valence electrons. The first-order valence-electron chi connectivity index (χ1n) is 6.99. The first-order valence-corrected chi connectivity index (χ1v) is 6.99. The Bertz CT molecular complexity index is 656. The molecule has 0 saturated heterocycles. The van der Waals surface area contributed by atoms with Gasteiger partial charge in [-0.15, -0.1) is 0 Å². The van der Waals surface area contributed by atoms with Gasteiger partial charge >= 0.3 is 5.97 Å². The Balaban J connectivity index is 1.77. The summed E-state index contributed by atoms with van der Waals surface area (Å²) in [7, 11) is 0. The standard InChI is InChI=1S/C15H19N3O2/c1-9-14-10(2)17-15(18(14)5-4-16-9)13-6-12(7-13)8-20-11(3)19/h4-5,12-13H,6-8H2,1-3H3. The van der Waals surface area contributed by atoms with Crippen molar-refractivity contribution in [3.05, 3.63) is 29.6 Å². The number of carbonyl (C=O) groups excluding carboxylic acids is 1. The van der Waals surface area contributed by atoms with Crippen LogP contribution in [0.4, 0.5) is 0 Å². The maximum Gasteiger partial charge on any atom is 0.302 e. The van der Waals surface area contributed by atoms with Gasteiger partial charge in [0.2, 0.25) is 0 Å². The summed E-state index contributed by atoms with van der Waals surface area (Å²) in [5, 5.41) is 0. The number of aryl methyl sites for hydroxylation is 2. The van der Waals surface area contributed by atoms with Crippen LogP contribution in [-0.4, -0.2) is 26.9 Å². The number of esters is 1. The van der Waals surface area contributed by atoms with Crippen molar-refractivity contribution in [1.29, 1.82) is 0 Å². The molecule has 20 heavy (non-hydrogen) atoms. The van der Waals surface area contributed by atoms with Crippen molar-refractivity contribution >= 4 is 11.5 Å². The zero-order chi connectivity index (χ0) is 14.3. The summed E-state index contributed by atoms with van der Waals surface area (Å²) in [5.74, 6) is 1.84. The summed E-state index contributed by atoms with van der Waals surface area (Å²) in [6, 6.07) is 0. The molecule has 0 N–H and O–H groups in total. The molecule has 0 bridgehead atoms. The van der Waals surface area contributed by atoms with Gasteiger partial charge in [0.05, 0.1) is 23.5 Å². The molecule has 0 radical (unpaired) electrons. The molecule has 5 heteroatoms. The van der Waals surface area contributed by atoms with Crippen molar-refractivity contribution in [3.63, 3.8) is 0 Å². The van der Waals surface area contributed by atoms with E-state index in [9.17, 15) is 4.79 Å². The van der Waals surface area contributed by atoms with Gasteiger partial charge in [-0.05, 0) is 32.6 Å². The van der Waals surface area contributed by atoms with Crippen LogP contribution in [0.3, 0.4) is 0 Å². The van der Waals surface area contributed by atoms with Gasteiger partial charge in [-0.2, -0.15) is 0 Å². The lowest BCUT2D eigenvalue weighted by Gasteiger charge is -2.33. The number of nitrogens with zero attached hydrogens (tertiary/aromatic N) is 3. The summed E-state index contributed by atoms with van der Waals surface area (Å²) in [6.45, 7) is 6.03. The fourth-order valence-corrected chi connectivity index (χ4v) is 3.03. The maximum absolute atomic E-state index is 10.8. The van der Waals surface area contributed by atoms with E-state index in [1.165, 1.54) is 6.92 Å². The quantitative estimate of drug-likeness (QED) is 0.806. The van der Waals surface area contributed by atoms with Crippen LogP contribution < -0.4 is 0 Å². The van der Waals surface area contributed by atoms with Crippen LogP contribution in [0.1, 0.15) is 42.9 Å². The van der Waals surface area contributed by atoms with Gasteiger partial charge in [-0.1, -0.05) is 0 Å². The molecule has 2 aromatic rings. The first kappa shape index (κ1) is 13.1. The fraction of sp³-hybridized carbons (Fsp3) is 0.533. The van der Waals surface area contributed by atoms with Gasteiger partial charge in [0.25, 0.3) is 0 Å². The number of fused-ring (bicyclic) bond motifs is 1. The molecule has 1 aliphatic rings. The average Bonchev–Trinajstić information content (AvgIpc) is 2.66. The van der Waals surface area contributed by atoms with E-state index < -0.39 is 0 Å². The zero-order valence-corrected chi connectivity index (χ0v) is 12.1. The topological polar surface area (TPSA) is 56.5 Å². The minimum Gasteiger partial charge on any atom is -0.466 e. The Morgan fingerprint density at radius 3 is 2.85 bits per heavy atom. The van der Waals surface area contributed by atoms with Gasteiger partial charge in [0, 0.05) is 25.2 Å². The number of ether oxygens (including phenoxy) is 1. The number of carbonyl (C=O) groups is 1. The van der Waals surface area contributed by atoms with Gasteiger partial charge in [-0.3, -0.25) is 14.2 Å². The van der Waals surface area contributed by atoms with Crippen LogP contribution >= 0.6 is 0 Å². The number of hydrogen-bond donors (Lipinski definition) is 0. The normalized spacial score (nSPS) is 21.8. The summed E-state index contributed by atoms with van der Waals surface area (Å²) in [6.07, 6.45) is 5.87. The summed E-state index contributed by atoms with van der Waals surface area (Å²) >= 11 is 0. The smallest absolute Gasteiger partial charge is 0.302 e. The Kier molecular flexibility index (Phi) is 3.20. The SMILES string of the molecule is CC(=O)OCC1CC(c2nc(C)c3c(C)nccn23)C1. The number of imidazole rings is 1. The largest absolute Gasteiger partial charge is 0.466 e. The lowest BCUT2D eigenvalue weighted by molar-refractivity contribution is -0.143. The molecule has 0 unspecified atom stereocenters. The number of aromatic nitrogens is 3. The van der Waals surface area contributed by atoms with E-state index in [2.05, 4.69) is 9.38 Å². The van der Waals surface area contributed by atoms with Gasteiger partial charge in [-0.25, -0.2) is 4.98 Å². The van der Waals surface area contributed by atoms with E-state index in [-0.39, 0.29) is 5.97 Å². The average molecular weight is 273 g/mol. The lowest BCUT2D eigenvalue weighted by atomic mass is 9.75. The van der Waals surface area contributed by atoms with Crippen molar-refractivity contribution in [2.45, 2.75) is 39.5 Å². The molecule has 2 heterocycles. The van der Waals surface area contributed by atoms with E-state index in [0.29, 0.717) is 18.4 Å². The van der Waals surface area contributed by atoms with Crippen molar-refractivity contribution in [2.75, 3.05) is 6.61 Å². The van der Waals surface area contributed by atoms with E-state index in [1.807, 2.05) is 26.2 Å². The van der Waals surface area contributed by atoms with Crippen LogP contribution in [0.5, 0.6) is 0 Å². The second kappa shape index (κ2) is 4.89. The predicted octanol–water partition coefficient (Wildman–Crippen LogP) is 2.40. The number of hydrogen-bond acceptors (Lipinski definition) is 4. The molecule has 3 rings (SSSR count). The van der Waals surface area contributed by atoms with E-state index in [4.69, 9.17) is 9.72 Å². The van der Waals surface area contributed by atoms with E-state index >= 15 is 0 Å². The maximum atomic E-state index is 10.8. The van der Waals surface area contributed by atoms with Crippen molar-refractivity contribution in [3.8, 4) is 0 Å². The molecule has 2 aromatic heterocycles. The van der Waals surface area contributed by atoms with Crippen LogP contribution in [-0.2, 0) is 9.53 Å². The third kappa shape index (κ3) is 2.17. The van der Waals surface area contributed by atoms with E-state index in [0.717, 1.165) is 35.6 Å². The molecule has 0 atom stereocenters. The summed E-state index contributed by atoms with van der Waals surface area (Å²) in [4.78, 5) is 19.9. The predicted molar refractivity (Wildman–Crippen MR) is 74.6 cm³/mol. The monoisotopic (exact) mass is 273 g/mol. The highest BCUT2D eigenvalue weighted by molar-refractivity contribution is 5.65. The van der Waals surface area contributed by atoms with Crippen LogP contribution in [0, 0.1) is 19.8 Å². The molecule has 0 aliphatic heterocycles. The zero-order valence-electron chi connectivity index (χ0n) is 12.1. The van der Waals surface area contributed by atoms with Crippen molar-refractivity contribution in [1.82, 2.24) is 14.4 Å².